The van der Waals surface area contributed by atoms with Crippen LogP contribution >= 0.6 is 0 Å². The van der Waals surface area contributed by atoms with Crippen molar-refractivity contribution >= 4 is 0 Å². The van der Waals surface area contributed by atoms with E-state index in [4.69, 9.17) is 0 Å². The van der Waals surface area contributed by atoms with Crippen LogP contribution in [0.3, 0.4) is 0 Å². The fraction of sp³-hybridized carbons (Fsp3) is 0.812. The molecule has 16 heavy (non-hydrogen) atoms. The summed E-state index contributed by atoms with van der Waals surface area (Å²) in [5, 5.41) is 0. The van der Waals surface area contributed by atoms with Gasteiger partial charge in [-0.2, -0.15) is 0 Å². The monoisotopic (exact) mass is 223 g/mol. The number of unbranched alkanes of at least 4 members (excludes halogenated alkanes) is 1. The van der Waals surface area contributed by atoms with E-state index in [2.05, 4.69) is 47.1 Å². The Morgan fingerprint density at radius 2 is 1.75 bits per heavy atom. The first-order chi connectivity index (χ1) is 7.69. The van der Waals surface area contributed by atoms with E-state index in [1.54, 1.807) is 5.57 Å². The Bertz CT molecular complexity index is 174. The molecule has 0 aliphatic carbocycles. The molecule has 2 unspecified atom stereocenters. The maximum atomic E-state index is 2.55. The predicted molar refractivity (Wildman–Crippen MR) is 75.4 cm³/mol. The molecule has 0 aromatic heterocycles. The Morgan fingerprint density at radius 1 is 1.06 bits per heavy atom. The molecular weight excluding hydrogens is 192 g/mol. The SMILES string of the molecule is C[CH]C(CC)C(C=C(C)CCCC)CCC. The smallest absolute Gasteiger partial charge is 0.0200 e. The van der Waals surface area contributed by atoms with E-state index < -0.39 is 0 Å². The molecule has 0 saturated carbocycles. The lowest BCUT2D eigenvalue weighted by Crippen LogP contribution is -2.12. The van der Waals surface area contributed by atoms with Crippen LogP contribution in [0.15, 0.2) is 11.6 Å². The minimum absolute atomic E-state index is 0.775. The lowest BCUT2D eigenvalue weighted by molar-refractivity contribution is 0.403. The van der Waals surface area contributed by atoms with E-state index in [-0.39, 0.29) is 0 Å². The molecule has 1 radical (unpaired) electrons. The van der Waals surface area contributed by atoms with Crippen molar-refractivity contribution in [3.05, 3.63) is 18.1 Å². The van der Waals surface area contributed by atoms with Gasteiger partial charge in [-0.1, -0.05) is 58.6 Å². The van der Waals surface area contributed by atoms with Crippen molar-refractivity contribution in [3.8, 4) is 0 Å². The molecule has 0 N–H and O–H groups in total. The summed E-state index contributed by atoms with van der Waals surface area (Å²) in [7, 11) is 0. The Kier molecular flexibility index (Phi) is 9.77. The molecule has 95 valence electrons. The van der Waals surface area contributed by atoms with Crippen molar-refractivity contribution in [3.63, 3.8) is 0 Å². The van der Waals surface area contributed by atoms with Gasteiger partial charge < -0.3 is 0 Å². The highest BCUT2D eigenvalue weighted by atomic mass is 14.2. The van der Waals surface area contributed by atoms with Gasteiger partial charge in [0.25, 0.3) is 0 Å². The average molecular weight is 223 g/mol. The molecule has 0 aliphatic heterocycles. The van der Waals surface area contributed by atoms with Gasteiger partial charge in [-0.05, 0) is 44.4 Å². The second kappa shape index (κ2) is 9.93. The molecular formula is C16H31. The van der Waals surface area contributed by atoms with Crippen LogP contribution in [0.5, 0.6) is 0 Å². The van der Waals surface area contributed by atoms with Crippen LogP contribution in [0.4, 0.5) is 0 Å². The molecule has 0 bridgehead atoms. The third kappa shape index (κ3) is 6.35. The van der Waals surface area contributed by atoms with E-state index >= 15 is 0 Å². The minimum Gasteiger partial charge on any atom is -0.0822 e. The van der Waals surface area contributed by atoms with Crippen LogP contribution < -0.4 is 0 Å². The molecule has 0 aromatic rings. The maximum absolute atomic E-state index is 2.55. The first-order valence-corrected chi connectivity index (χ1v) is 7.16. The summed E-state index contributed by atoms with van der Waals surface area (Å²) in [5.74, 6) is 1.55. The van der Waals surface area contributed by atoms with Crippen LogP contribution in [-0.2, 0) is 0 Å². The van der Waals surface area contributed by atoms with E-state index in [0.29, 0.717) is 0 Å². The van der Waals surface area contributed by atoms with Gasteiger partial charge in [0.1, 0.15) is 0 Å². The van der Waals surface area contributed by atoms with Gasteiger partial charge in [-0.3, -0.25) is 0 Å². The van der Waals surface area contributed by atoms with Crippen LogP contribution in [0, 0.1) is 18.3 Å². The van der Waals surface area contributed by atoms with Gasteiger partial charge in [-0.15, -0.1) is 0 Å². The molecule has 0 aromatic carbocycles. The Labute approximate surface area is 104 Å². The summed E-state index contributed by atoms with van der Waals surface area (Å²) < 4.78 is 0. The Balaban J connectivity index is 4.39. The maximum Gasteiger partial charge on any atom is -0.0200 e. The molecule has 0 saturated heterocycles. The van der Waals surface area contributed by atoms with Crippen molar-refractivity contribution in [2.45, 2.75) is 73.1 Å². The lowest BCUT2D eigenvalue weighted by Gasteiger charge is -2.22. The van der Waals surface area contributed by atoms with Crippen molar-refractivity contribution < 1.29 is 0 Å². The Hall–Kier alpha value is -0.260. The molecule has 2 atom stereocenters. The average Bonchev–Trinajstić information content (AvgIpc) is 2.28. The van der Waals surface area contributed by atoms with Crippen LogP contribution in [0.1, 0.15) is 73.1 Å². The third-order valence-electron chi connectivity index (χ3n) is 3.49. The molecule has 0 heteroatoms. The number of rotatable bonds is 9. The molecule has 0 amide bonds. The van der Waals surface area contributed by atoms with E-state index in [9.17, 15) is 0 Å². The Morgan fingerprint density at radius 3 is 2.19 bits per heavy atom. The summed E-state index contributed by atoms with van der Waals surface area (Å²) >= 11 is 0. The molecule has 0 rings (SSSR count). The largest absolute Gasteiger partial charge is 0.0822 e. The van der Waals surface area contributed by atoms with Gasteiger partial charge >= 0.3 is 0 Å². The molecule has 0 heterocycles. The summed E-state index contributed by atoms with van der Waals surface area (Å²) in [5.41, 5.74) is 1.60. The van der Waals surface area contributed by atoms with E-state index in [1.165, 1.54) is 38.5 Å². The summed E-state index contributed by atoms with van der Waals surface area (Å²) in [6, 6.07) is 0. The second-order valence-electron chi connectivity index (χ2n) is 4.97. The van der Waals surface area contributed by atoms with Gasteiger partial charge in [-0.25, -0.2) is 0 Å². The van der Waals surface area contributed by atoms with E-state index in [0.717, 1.165) is 11.8 Å². The summed E-state index contributed by atoms with van der Waals surface area (Å²) in [4.78, 5) is 0. The zero-order valence-corrected chi connectivity index (χ0v) is 12.1. The highest BCUT2D eigenvalue weighted by Gasteiger charge is 2.15. The standard InChI is InChI=1S/C16H31/c1-6-10-12-14(5)13-16(11-7-2)15(8-3)9-4/h8,13,15-16H,6-7,9-12H2,1-5H3. The topological polar surface area (TPSA) is 0 Å². The highest BCUT2D eigenvalue weighted by Crippen LogP contribution is 2.26. The van der Waals surface area contributed by atoms with Crippen molar-refractivity contribution in [2.75, 3.05) is 0 Å². The van der Waals surface area contributed by atoms with Crippen molar-refractivity contribution in [2.24, 2.45) is 11.8 Å². The van der Waals surface area contributed by atoms with Gasteiger partial charge in [0, 0.05) is 0 Å². The zero-order chi connectivity index (χ0) is 12.4. The quantitative estimate of drug-likeness (QED) is 0.434. The lowest BCUT2D eigenvalue weighted by atomic mass is 9.83. The van der Waals surface area contributed by atoms with Crippen LogP contribution in [-0.4, -0.2) is 0 Å². The summed E-state index contributed by atoms with van der Waals surface area (Å²) in [6.07, 6.45) is 12.8. The first-order valence-electron chi connectivity index (χ1n) is 7.16. The van der Waals surface area contributed by atoms with E-state index in [1.807, 2.05) is 0 Å². The first kappa shape index (κ1) is 15.7. The predicted octanol–water partition coefficient (Wildman–Crippen LogP) is 5.79. The normalized spacial score (nSPS) is 14.5. The number of hydrogen-bond acceptors (Lipinski definition) is 0. The molecule has 0 nitrogen and oxygen atoms in total. The highest BCUT2D eigenvalue weighted by molar-refractivity contribution is 5.03. The van der Waals surface area contributed by atoms with Crippen LogP contribution in [0.25, 0.3) is 0 Å². The van der Waals surface area contributed by atoms with Crippen LogP contribution in [0.2, 0.25) is 0 Å². The van der Waals surface area contributed by atoms with Crippen molar-refractivity contribution in [1.82, 2.24) is 0 Å². The fourth-order valence-electron chi connectivity index (χ4n) is 2.44. The summed E-state index contributed by atoms with van der Waals surface area (Å²) in [6.45, 7) is 11.4. The van der Waals surface area contributed by atoms with Gasteiger partial charge in [0.2, 0.25) is 0 Å². The van der Waals surface area contributed by atoms with Gasteiger partial charge in [0.15, 0.2) is 0 Å². The minimum atomic E-state index is 0.775. The second-order valence-corrected chi connectivity index (χ2v) is 4.97. The molecule has 0 spiro atoms. The number of hydrogen-bond donors (Lipinski definition) is 0. The van der Waals surface area contributed by atoms with Crippen molar-refractivity contribution in [1.29, 1.82) is 0 Å². The zero-order valence-electron chi connectivity index (χ0n) is 12.1. The van der Waals surface area contributed by atoms with Gasteiger partial charge in [0.05, 0.1) is 0 Å². The number of allylic oxidation sites excluding steroid dienone is 2. The third-order valence-corrected chi connectivity index (χ3v) is 3.49. The molecule has 0 fully saturated rings. The fourth-order valence-corrected chi connectivity index (χ4v) is 2.44. The molecule has 0 aliphatic rings.